The van der Waals surface area contributed by atoms with Gasteiger partial charge in [-0.05, 0) is 11.1 Å². The van der Waals surface area contributed by atoms with Gasteiger partial charge in [-0.3, -0.25) is 4.90 Å². The minimum absolute atomic E-state index is 0.0392. The first-order valence-corrected chi connectivity index (χ1v) is 7.69. The Bertz CT molecular complexity index is 671. The second-order valence-electron chi connectivity index (χ2n) is 5.48. The Hall–Kier alpha value is -2.66. The number of nitrogens with zero attached hydrogens (tertiary/aromatic N) is 4. The van der Waals surface area contributed by atoms with E-state index in [1.165, 1.54) is 22.1 Å². The fourth-order valence-corrected chi connectivity index (χ4v) is 2.52. The number of hydrogen-bond donors (Lipinski definition) is 1. The van der Waals surface area contributed by atoms with Crippen LogP contribution in [0.1, 0.15) is 11.1 Å². The van der Waals surface area contributed by atoms with E-state index in [0.717, 1.165) is 19.6 Å². The van der Waals surface area contributed by atoms with Gasteiger partial charge in [-0.1, -0.05) is 60.7 Å². The van der Waals surface area contributed by atoms with E-state index in [4.69, 9.17) is 0 Å². The molecule has 0 spiro atoms. The molecule has 0 atom stereocenters. The molecule has 3 rings (SSSR count). The number of benzene rings is 2. The van der Waals surface area contributed by atoms with Crippen LogP contribution >= 0.6 is 0 Å². The zero-order valence-electron chi connectivity index (χ0n) is 12.9. The van der Waals surface area contributed by atoms with Crippen LogP contribution in [0.15, 0.2) is 66.9 Å². The van der Waals surface area contributed by atoms with Crippen LogP contribution in [0.4, 0.5) is 0 Å². The van der Waals surface area contributed by atoms with Crippen molar-refractivity contribution in [1.29, 1.82) is 0 Å². The smallest absolute Gasteiger partial charge is 0.251 e. The van der Waals surface area contributed by atoms with Crippen LogP contribution < -0.4 is 0 Å². The van der Waals surface area contributed by atoms with E-state index >= 15 is 0 Å². The van der Waals surface area contributed by atoms with Crippen molar-refractivity contribution in [2.24, 2.45) is 0 Å². The molecule has 2 aromatic carbocycles. The molecule has 0 saturated carbocycles. The average molecular weight is 308 g/mol. The lowest BCUT2D eigenvalue weighted by Crippen LogP contribution is -2.27. The van der Waals surface area contributed by atoms with Gasteiger partial charge in [0, 0.05) is 19.6 Å². The largest absolute Gasteiger partial charge is 0.491 e. The molecule has 0 amide bonds. The standard InChI is InChI=1S/C18H20N4O/c23-18-13-19-22(20-18)12-11-21(14-16-7-3-1-4-8-16)15-17-9-5-2-6-10-17/h1-10,13H,11-12,14-15H2,(H,20,23). The van der Waals surface area contributed by atoms with Crippen LogP contribution in [0, 0.1) is 0 Å². The van der Waals surface area contributed by atoms with Crippen molar-refractivity contribution in [1.82, 2.24) is 19.9 Å². The molecule has 1 aromatic heterocycles. The van der Waals surface area contributed by atoms with Crippen molar-refractivity contribution >= 4 is 0 Å². The number of rotatable bonds is 7. The summed E-state index contributed by atoms with van der Waals surface area (Å²) in [5, 5.41) is 17.2. The van der Waals surface area contributed by atoms with Crippen molar-refractivity contribution in [2.75, 3.05) is 6.54 Å². The van der Waals surface area contributed by atoms with Gasteiger partial charge < -0.3 is 5.11 Å². The number of aromatic nitrogens is 3. The van der Waals surface area contributed by atoms with Gasteiger partial charge in [0.1, 0.15) is 6.20 Å². The Balaban J connectivity index is 1.67. The van der Waals surface area contributed by atoms with Gasteiger partial charge >= 0.3 is 0 Å². The zero-order valence-corrected chi connectivity index (χ0v) is 12.9. The maximum Gasteiger partial charge on any atom is 0.251 e. The molecule has 0 aliphatic heterocycles. The second kappa shape index (κ2) is 7.56. The fraction of sp³-hybridized carbons (Fsp3) is 0.222. The third kappa shape index (κ3) is 4.66. The Kier molecular flexibility index (Phi) is 5.01. The molecule has 0 radical (unpaired) electrons. The van der Waals surface area contributed by atoms with Gasteiger partial charge in [0.15, 0.2) is 0 Å². The Morgan fingerprint density at radius 2 is 1.43 bits per heavy atom. The Morgan fingerprint density at radius 1 is 0.870 bits per heavy atom. The molecule has 118 valence electrons. The molecule has 0 aliphatic carbocycles. The van der Waals surface area contributed by atoms with Crippen LogP contribution in [0.25, 0.3) is 0 Å². The normalized spacial score (nSPS) is 11.0. The molecule has 0 bridgehead atoms. The van der Waals surface area contributed by atoms with E-state index in [-0.39, 0.29) is 5.88 Å². The van der Waals surface area contributed by atoms with Gasteiger partial charge in [0.05, 0.1) is 6.54 Å². The molecular weight excluding hydrogens is 288 g/mol. The topological polar surface area (TPSA) is 54.2 Å². The van der Waals surface area contributed by atoms with Crippen molar-refractivity contribution in [3.8, 4) is 5.88 Å². The molecule has 23 heavy (non-hydrogen) atoms. The van der Waals surface area contributed by atoms with Gasteiger partial charge in [-0.25, -0.2) is 0 Å². The predicted octanol–water partition coefficient (Wildman–Crippen LogP) is 2.69. The molecule has 0 aliphatic rings. The Labute approximate surface area is 135 Å². The van der Waals surface area contributed by atoms with E-state index < -0.39 is 0 Å². The summed E-state index contributed by atoms with van der Waals surface area (Å²) in [5.74, 6) is -0.0392. The quantitative estimate of drug-likeness (QED) is 0.729. The first-order valence-electron chi connectivity index (χ1n) is 7.69. The molecule has 1 heterocycles. The molecule has 5 heteroatoms. The second-order valence-corrected chi connectivity index (χ2v) is 5.48. The monoisotopic (exact) mass is 308 g/mol. The van der Waals surface area contributed by atoms with E-state index in [2.05, 4.69) is 63.6 Å². The van der Waals surface area contributed by atoms with Crippen LogP contribution in [-0.2, 0) is 19.6 Å². The number of aromatic hydroxyl groups is 1. The summed E-state index contributed by atoms with van der Waals surface area (Å²) >= 11 is 0. The minimum atomic E-state index is -0.0392. The molecule has 3 aromatic rings. The lowest BCUT2D eigenvalue weighted by Gasteiger charge is -2.22. The van der Waals surface area contributed by atoms with Crippen LogP contribution in [0.2, 0.25) is 0 Å². The lowest BCUT2D eigenvalue weighted by atomic mass is 10.1. The van der Waals surface area contributed by atoms with Crippen LogP contribution in [0.3, 0.4) is 0 Å². The van der Waals surface area contributed by atoms with E-state index in [9.17, 15) is 5.11 Å². The highest BCUT2D eigenvalue weighted by Crippen LogP contribution is 2.10. The van der Waals surface area contributed by atoms with Crippen molar-refractivity contribution in [2.45, 2.75) is 19.6 Å². The predicted molar refractivity (Wildman–Crippen MR) is 88.7 cm³/mol. The third-order valence-corrected chi connectivity index (χ3v) is 3.64. The summed E-state index contributed by atoms with van der Waals surface area (Å²) in [6, 6.07) is 20.8. The molecular formula is C18H20N4O. The molecule has 0 unspecified atom stereocenters. The molecule has 5 nitrogen and oxygen atoms in total. The van der Waals surface area contributed by atoms with Gasteiger partial charge in [0.25, 0.3) is 5.88 Å². The first-order chi connectivity index (χ1) is 11.3. The van der Waals surface area contributed by atoms with Crippen LogP contribution in [0.5, 0.6) is 5.88 Å². The zero-order chi connectivity index (χ0) is 15.9. The van der Waals surface area contributed by atoms with Gasteiger partial charge in [-0.15, -0.1) is 5.10 Å². The SMILES string of the molecule is Oc1cnn(CCN(Cc2ccccc2)Cc2ccccc2)n1. The van der Waals surface area contributed by atoms with Crippen molar-refractivity contribution in [3.63, 3.8) is 0 Å². The van der Waals surface area contributed by atoms with Crippen molar-refractivity contribution in [3.05, 3.63) is 78.0 Å². The Morgan fingerprint density at radius 3 is 1.91 bits per heavy atom. The van der Waals surface area contributed by atoms with E-state index in [0.29, 0.717) is 6.54 Å². The lowest BCUT2D eigenvalue weighted by molar-refractivity contribution is 0.236. The summed E-state index contributed by atoms with van der Waals surface area (Å²) in [4.78, 5) is 3.88. The summed E-state index contributed by atoms with van der Waals surface area (Å²) in [6.07, 6.45) is 1.36. The molecule has 1 N–H and O–H groups in total. The number of hydrogen-bond acceptors (Lipinski definition) is 4. The van der Waals surface area contributed by atoms with Gasteiger partial charge in [0.2, 0.25) is 0 Å². The third-order valence-electron chi connectivity index (χ3n) is 3.64. The van der Waals surface area contributed by atoms with Crippen molar-refractivity contribution < 1.29 is 5.11 Å². The molecule has 0 fully saturated rings. The highest BCUT2D eigenvalue weighted by Gasteiger charge is 2.08. The summed E-state index contributed by atoms with van der Waals surface area (Å²) < 4.78 is 0. The molecule has 0 saturated heterocycles. The summed E-state index contributed by atoms with van der Waals surface area (Å²) in [5.41, 5.74) is 2.56. The summed E-state index contributed by atoms with van der Waals surface area (Å²) in [7, 11) is 0. The maximum absolute atomic E-state index is 9.28. The fourth-order valence-electron chi connectivity index (χ4n) is 2.52. The highest BCUT2D eigenvalue weighted by atomic mass is 16.3. The van der Waals surface area contributed by atoms with Gasteiger partial charge in [-0.2, -0.15) is 9.90 Å². The summed E-state index contributed by atoms with van der Waals surface area (Å²) in [6.45, 7) is 3.17. The van der Waals surface area contributed by atoms with Crippen LogP contribution in [-0.4, -0.2) is 31.5 Å². The highest BCUT2D eigenvalue weighted by molar-refractivity contribution is 5.17. The average Bonchev–Trinajstić information content (AvgIpc) is 3.00. The van der Waals surface area contributed by atoms with E-state index in [1.54, 1.807) is 0 Å². The maximum atomic E-state index is 9.28. The van der Waals surface area contributed by atoms with E-state index in [1.807, 2.05) is 12.1 Å². The minimum Gasteiger partial charge on any atom is -0.491 e. The first kappa shape index (κ1) is 15.2.